The van der Waals surface area contributed by atoms with Crippen LogP contribution in [0.1, 0.15) is 34.1 Å². The predicted molar refractivity (Wildman–Crippen MR) is 60.3 cm³/mol. The third-order valence-corrected chi connectivity index (χ3v) is 7.51. The lowest BCUT2D eigenvalue weighted by atomic mass is 10.3. The maximum absolute atomic E-state index is 5.93. The van der Waals surface area contributed by atoms with Crippen LogP contribution in [0.25, 0.3) is 0 Å². The minimum Gasteiger partial charge on any atom is -0.153 e. The molecule has 0 bridgehead atoms. The van der Waals surface area contributed by atoms with E-state index in [-0.39, 0.29) is 4.75 Å². The Morgan fingerprint density at radius 3 is 1.91 bits per heavy atom. The second-order valence-electron chi connectivity index (χ2n) is 3.51. The normalized spacial score (nSPS) is 15.5. The van der Waals surface area contributed by atoms with Crippen LogP contribution in [0.5, 0.6) is 0 Å². The molecule has 0 aromatic carbocycles. The standard InChI is InChI=1S/C7H16Cl2SSi/c1-5-6(11(8)9)10-7(2,3)4/h6,11H,5H2,1-4H3. The molecule has 0 nitrogen and oxygen atoms in total. The van der Waals surface area contributed by atoms with E-state index < -0.39 is 7.42 Å². The molecule has 0 fully saturated rings. The van der Waals surface area contributed by atoms with Gasteiger partial charge in [-0.15, -0.1) is 22.2 Å². The Hall–Kier alpha value is 1.15. The van der Waals surface area contributed by atoms with Crippen molar-refractivity contribution in [1.29, 1.82) is 0 Å². The number of hydrogen-bond donors (Lipinski definition) is 0. The summed E-state index contributed by atoms with van der Waals surface area (Å²) in [4.78, 5) is 0.498. The molecule has 0 aromatic heterocycles. The van der Waals surface area contributed by atoms with Gasteiger partial charge in [0.05, 0.1) is 0 Å². The molecule has 0 aromatic rings. The van der Waals surface area contributed by atoms with Crippen molar-refractivity contribution in [1.82, 2.24) is 0 Å². The first-order valence-corrected chi connectivity index (χ1v) is 8.86. The first-order valence-electron chi connectivity index (χ1n) is 3.82. The van der Waals surface area contributed by atoms with Gasteiger partial charge < -0.3 is 0 Å². The third kappa shape index (κ3) is 6.32. The average Bonchev–Trinajstić information content (AvgIpc) is 1.80. The Kier molecular flexibility index (Phi) is 5.52. The highest BCUT2D eigenvalue weighted by Gasteiger charge is 2.24. The fourth-order valence-corrected chi connectivity index (χ4v) is 5.83. The van der Waals surface area contributed by atoms with Crippen LogP contribution < -0.4 is 0 Å². The summed E-state index contributed by atoms with van der Waals surface area (Å²) in [5.41, 5.74) is 0. The van der Waals surface area contributed by atoms with Gasteiger partial charge >= 0.3 is 0 Å². The molecule has 0 heterocycles. The quantitative estimate of drug-likeness (QED) is 0.529. The number of thioether (sulfide) groups is 1. The third-order valence-electron chi connectivity index (χ3n) is 1.19. The van der Waals surface area contributed by atoms with Crippen molar-refractivity contribution in [3.05, 3.63) is 0 Å². The number of rotatable bonds is 3. The minimum absolute atomic E-state index is 0.287. The van der Waals surface area contributed by atoms with Crippen LogP contribution in [0.15, 0.2) is 0 Å². The first kappa shape index (κ1) is 12.1. The van der Waals surface area contributed by atoms with Crippen LogP contribution in [0.4, 0.5) is 0 Å². The van der Waals surface area contributed by atoms with Crippen molar-refractivity contribution in [2.45, 2.75) is 43.7 Å². The summed E-state index contributed by atoms with van der Waals surface area (Å²) in [7, 11) is -1.48. The van der Waals surface area contributed by atoms with Crippen LogP contribution in [-0.4, -0.2) is 17.0 Å². The molecular formula is C7H16Cl2SSi. The molecule has 4 heteroatoms. The minimum atomic E-state index is -1.48. The van der Waals surface area contributed by atoms with E-state index in [0.29, 0.717) is 4.87 Å². The second-order valence-corrected chi connectivity index (χ2v) is 11.0. The number of halogens is 2. The molecule has 0 amide bonds. The van der Waals surface area contributed by atoms with E-state index in [9.17, 15) is 0 Å². The van der Waals surface area contributed by atoms with Gasteiger partial charge in [0.1, 0.15) is 0 Å². The van der Waals surface area contributed by atoms with Gasteiger partial charge in [0.25, 0.3) is 0 Å². The van der Waals surface area contributed by atoms with Gasteiger partial charge in [0, 0.05) is 9.62 Å². The molecule has 0 rings (SSSR count). The molecule has 11 heavy (non-hydrogen) atoms. The van der Waals surface area contributed by atoms with E-state index in [4.69, 9.17) is 22.2 Å². The Bertz CT molecular complexity index is 111. The molecule has 0 saturated carbocycles. The predicted octanol–water partition coefficient (Wildman–Crippen LogP) is 3.53. The van der Waals surface area contributed by atoms with E-state index in [2.05, 4.69) is 27.7 Å². The lowest BCUT2D eigenvalue weighted by Gasteiger charge is -2.24. The first-order chi connectivity index (χ1) is 4.87. The highest BCUT2D eigenvalue weighted by Crippen LogP contribution is 2.32. The fraction of sp³-hybridized carbons (Fsp3) is 1.00. The van der Waals surface area contributed by atoms with Gasteiger partial charge in [0.15, 0.2) is 0 Å². The molecule has 0 radical (unpaired) electrons. The van der Waals surface area contributed by atoms with Gasteiger partial charge in [-0.05, 0) is 6.42 Å². The van der Waals surface area contributed by atoms with Gasteiger partial charge in [-0.1, -0.05) is 27.7 Å². The van der Waals surface area contributed by atoms with E-state index >= 15 is 0 Å². The Morgan fingerprint density at radius 1 is 1.36 bits per heavy atom. The summed E-state index contributed by atoms with van der Waals surface area (Å²) in [5, 5.41) is 0. The van der Waals surface area contributed by atoms with Gasteiger partial charge in [-0.3, -0.25) is 0 Å². The Morgan fingerprint density at radius 2 is 1.82 bits per heavy atom. The highest BCUT2D eigenvalue weighted by molar-refractivity contribution is 8.03. The lowest BCUT2D eigenvalue weighted by Crippen LogP contribution is -2.22. The van der Waals surface area contributed by atoms with Crippen LogP contribution in [-0.2, 0) is 0 Å². The molecule has 1 atom stereocenters. The van der Waals surface area contributed by atoms with Gasteiger partial charge in [-0.25, -0.2) is 0 Å². The smallest absolute Gasteiger partial charge is 0.153 e. The molecule has 68 valence electrons. The monoisotopic (exact) mass is 230 g/mol. The molecule has 1 unspecified atom stereocenters. The highest BCUT2D eigenvalue weighted by atomic mass is 35.7. The van der Waals surface area contributed by atoms with E-state index in [0.717, 1.165) is 6.42 Å². The Balaban J connectivity index is 3.88. The van der Waals surface area contributed by atoms with Gasteiger partial charge in [-0.2, -0.15) is 11.8 Å². The molecule has 0 N–H and O–H groups in total. The summed E-state index contributed by atoms with van der Waals surface area (Å²) < 4.78 is 0.287. The molecule has 0 aliphatic carbocycles. The lowest BCUT2D eigenvalue weighted by molar-refractivity contribution is 0.796. The van der Waals surface area contributed by atoms with Crippen molar-refractivity contribution in [2.24, 2.45) is 0 Å². The zero-order valence-electron chi connectivity index (χ0n) is 7.53. The van der Waals surface area contributed by atoms with Gasteiger partial charge in [0.2, 0.25) is 7.42 Å². The zero-order chi connectivity index (χ0) is 9.07. The molecule has 0 spiro atoms. The zero-order valence-corrected chi connectivity index (χ0v) is 11.0. The summed E-state index contributed by atoms with van der Waals surface area (Å²) in [6, 6.07) is 0. The van der Waals surface area contributed by atoms with Crippen LogP contribution >= 0.6 is 33.9 Å². The second kappa shape index (κ2) is 5.00. The maximum Gasteiger partial charge on any atom is 0.249 e. The molecular weight excluding hydrogens is 215 g/mol. The maximum atomic E-state index is 5.93. The topological polar surface area (TPSA) is 0 Å². The van der Waals surface area contributed by atoms with Crippen LogP contribution in [0.2, 0.25) is 0 Å². The molecule has 0 aliphatic rings. The van der Waals surface area contributed by atoms with Crippen molar-refractivity contribution in [3.63, 3.8) is 0 Å². The molecule has 0 saturated heterocycles. The largest absolute Gasteiger partial charge is 0.249 e. The van der Waals surface area contributed by atoms with Crippen molar-refractivity contribution < 1.29 is 0 Å². The van der Waals surface area contributed by atoms with E-state index in [1.165, 1.54) is 0 Å². The van der Waals surface area contributed by atoms with Crippen molar-refractivity contribution >= 4 is 41.3 Å². The Labute approximate surface area is 85.0 Å². The van der Waals surface area contributed by atoms with Crippen molar-refractivity contribution in [2.75, 3.05) is 0 Å². The summed E-state index contributed by atoms with van der Waals surface area (Å²) >= 11 is 13.8. The van der Waals surface area contributed by atoms with E-state index in [1.54, 1.807) is 0 Å². The fourth-order valence-electron chi connectivity index (χ4n) is 0.767. The summed E-state index contributed by atoms with van der Waals surface area (Å²) in [6.45, 7) is 8.74. The van der Waals surface area contributed by atoms with Crippen LogP contribution in [0, 0.1) is 0 Å². The average molecular weight is 231 g/mol. The van der Waals surface area contributed by atoms with Crippen molar-refractivity contribution in [3.8, 4) is 0 Å². The SMILES string of the molecule is CCC(SC(C)(C)C)[SiH](Cl)Cl. The summed E-state index contributed by atoms with van der Waals surface area (Å²) in [5.74, 6) is 0. The van der Waals surface area contributed by atoms with Crippen LogP contribution in [0.3, 0.4) is 0 Å². The van der Waals surface area contributed by atoms with E-state index in [1.807, 2.05) is 11.8 Å². The number of hydrogen-bond acceptors (Lipinski definition) is 1. The summed E-state index contributed by atoms with van der Waals surface area (Å²) in [6.07, 6.45) is 1.09. The molecule has 0 aliphatic heterocycles.